The number of β-amino-alcohol motifs (C(OH)–C–C–N with tert-alkyl or cyclic N) is 1. The van der Waals surface area contributed by atoms with Crippen LogP contribution >= 0.6 is 0 Å². The highest BCUT2D eigenvalue weighted by Gasteiger charge is 2.26. The van der Waals surface area contributed by atoms with Crippen molar-refractivity contribution in [3.05, 3.63) is 42.1 Å². The summed E-state index contributed by atoms with van der Waals surface area (Å²) >= 11 is 0. The molecule has 0 bridgehead atoms. The van der Waals surface area contributed by atoms with Gasteiger partial charge in [0, 0.05) is 35.3 Å². The summed E-state index contributed by atoms with van der Waals surface area (Å²) in [5.74, 6) is 1.46. The highest BCUT2D eigenvalue weighted by Crippen LogP contribution is 2.38. The fourth-order valence-corrected chi connectivity index (χ4v) is 5.30. The fourth-order valence-electron chi connectivity index (χ4n) is 5.30. The topological polar surface area (TPSA) is 91.6 Å². The van der Waals surface area contributed by atoms with Crippen molar-refractivity contribution in [2.45, 2.75) is 58.0 Å². The number of nitrogens with one attached hydrogen (secondary N) is 1. The quantitative estimate of drug-likeness (QED) is 0.443. The lowest BCUT2D eigenvalue weighted by Gasteiger charge is -2.35. The predicted molar refractivity (Wildman–Crippen MR) is 133 cm³/mol. The van der Waals surface area contributed by atoms with Gasteiger partial charge in [0.25, 0.3) is 0 Å². The number of methoxy groups -OCH3 is 1. The molecule has 180 valence electrons. The first-order valence-electron chi connectivity index (χ1n) is 12.1. The maximum Gasteiger partial charge on any atom is 0.197 e. The second-order valence-corrected chi connectivity index (χ2v) is 10.4. The molecule has 0 amide bonds. The number of H-pyrrole nitrogens is 1. The van der Waals surface area contributed by atoms with Crippen LogP contribution in [0.3, 0.4) is 0 Å². The van der Waals surface area contributed by atoms with Gasteiger partial charge in [0.1, 0.15) is 6.33 Å². The van der Waals surface area contributed by atoms with Crippen molar-refractivity contribution in [3.63, 3.8) is 0 Å². The third-order valence-corrected chi connectivity index (χ3v) is 6.79. The van der Waals surface area contributed by atoms with Crippen LogP contribution in [0.1, 0.15) is 63.6 Å². The van der Waals surface area contributed by atoms with Gasteiger partial charge in [-0.15, -0.1) is 0 Å². The van der Waals surface area contributed by atoms with Gasteiger partial charge in [-0.25, -0.2) is 9.50 Å². The van der Waals surface area contributed by atoms with Crippen LogP contribution in [0, 0.1) is 0 Å². The molecule has 8 nitrogen and oxygen atoms in total. The number of nitrogens with zero attached hydrogens (tertiary/aromatic N) is 5. The second-order valence-electron chi connectivity index (χ2n) is 10.4. The van der Waals surface area contributed by atoms with E-state index in [0.29, 0.717) is 29.8 Å². The highest BCUT2D eigenvalue weighted by atomic mass is 16.5. The number of hydrogen-bond acceptors (Lipinski definition) is 6. The largest absolute Gasteiger partial charge is 0.493 e. The summed E-state index contributed by atoms with van der Waals surface area (Å²) in [6.45, 7) is 10.9. The number of ether oxygens (including phenoxy) is 1. The molecular weight excluding hydrogens is 428 g/mol. The van der Waals surface area contributed by atoms with Crippen LogP contribution < -0.4 is 4.74 Å². The van der Waals surface area contributed by atoms with Crippen molar-refractivity contribution in [2.75, 3.05) is 26.7 Å². The number of aliphatic hydroxyl groups is 1. The number of hydrogen-bond donors (Lipinski definition) is 2. The number of aromatic amines is 1. The minimum atomic E-state index is -0.657. The van der Waals surface area contributed by atoms with E-state index in [1.54, 1.807) is 18.0 Å². The van der Waals surface area contributed by atoms with Gasteiger partial charge < -0.3 is 19.7 Å². The zero-order valence-electron chi connectivity index (χ0n) is 20.7. The first-order chi connectivity index (χ1) is 16.2. The van der Waals surface area contributed by atoms with E-state index in [2.05, 4.69) is 39.9 Å². The lowest BCUT2D eigenvalue weighted by atomic mass is 9.90. The van der Waals surface area contributed by atoms with Gasteiger partial charge in [-0.2, -0.15) is 5.10 Å². The summed E-state index contributed by atoms with van der Waals surface area (Å²) in [4.78, 5) is 15.1. The summed E-state index contributed by atoms with van der Waals surface area (Å²) in [6.07, 6.45) is 7.63. The molecule has 0 saturated carbocycles. The lowest BCUT2D eigenvalue weighted by molar-refractivity contribution is 0.0280. The summed E-state index contributed by atoms with van der Waals surface area (Å²) < 4.78 is 7.35. The average Bonchev–Trinajstić information content (AvgIpc) is 3.42. The normalized spacial score (nSPS) is 16.2. The van der Waals surface area contributed by atoms with Crippen molar-refractivity contribution in [2.24, 2.45) is 0 Å². The molecule has 1 fully saturated rings. The smallest absolute Gasteiger partial charge is 0.197 e. The SMILES string of the molecule is COc1cc(-c2[nH]c3cnc(C4CCN(CC(C)(C)O)CC4)cc3c2C(C)C)cn2ncnc12. The minimum Gasteiger partial charge on any atom is -0.493 e. The number of fused-ring (bicyclic) bond motifs is 2. The summed E-state index contributed by atoms with van der Waals surface area (Å²) in [7, 11) is 1.66. The number of likely N-dealkylation sites (tertiary alicyclic amines) is 1. The number of rotatable bonds is 6. The van der Waals surface area contributed by atoms with E-state index in [1.165, 1.54) is 10.9 Å². The Morgan fingerprint density at radius 2 is 1.97 bits per heavy atom. The van der Waals surface area contributed by atoms with E-state index in [0.717, 1.165) is 48.4 Å². The van der Waals surface area contributed by atoms with Gasteiger partial charge in [0.2, 0.25) is 0 Å². The molecule has 4 aromatic rings. The Bertz CT molecular complexity index is 1310. The van der Waals surface area contributed by atoms with Crippen LogP contribution in [0.4, 0.5) is 0 Å². The third-order valence-electron chi connectivity index (χ3n) is 6.79. The first kappa shape index (κ1) is 22.8. The van der Waals surface area contributed by atoms with Crippen LogP contribution in [-0.2, 0) is 0 Å². The molecule has 0 unspecified atom stereocenters. The Morgan fingerprint density at radius 3 is 2.65 bits per heavy atom. The Balaban J connectivity index is 1.50. The maximum atomic E-state index is 10.2. The average molecular weight is 463 g/mol. The van der Waals surface area contributed by atoms with E-state index < -0.39 is 5.60 Å². The highest BCUT2D eigenvalue weighted by molar-refractivity contribution is 5.91. The Kier molecular flexibility index (Phi) is 5.81. The molecule has 8 heteroatoms. The lowest BCUT2D eigenvalue weighted by Crippen LogP contribution is -2.42. The fraction of sp³-hybridized carbons (Fsp3) is 0.500. The van der Waals surface area contributed by atoms with Crippen LogP contribution in [0.25, 0.3) is 27.8 Å². The Labute approximate surface area is 200 Å². The summed E-state index contributed by atoms with van der Waals surface area (Å²) in [5.41, 5.74) is 5.60. The molecule has 0 atom stereocenters. The van der Waals surface area contributed by atoms with Gasteiger partial charge in [0.15, 0.2) is 11.4 Å². The first-order valence-corrected chi connectivity index (χ1v) is 12.1. The third kappa shape index (κ3) is 4.28. The van der Waals surface area contributed by atoms with E-state index >= 15 is 0 Å². The van der Waals surface area contributed by atoms with E-state index in [9.17, 15) is 5.11 Å². The van der Waals surface area contributed by atoms with Crippen LogP contribution in [0.2, 0.25) is 0 Å². The monoisotopic (exact) mass is 462 g/mol. The van der Waals surface area contributed by atoms with Crippen molar-refractivity contribution in [1.82, 2.24) is 29.5 Å². The number of pyridine rings is 2. The van der Waals surface area contributed by atoms with Gasteiger partial charge in [0.05, 0.1) is 30.1 Å². The molecule has 1 aliphatic rings. The Hall–Kier alpha value is -2.97. The molecule has 0 spiro atoms. The van der Waals surface area contributed by atoms with Gasteiger partial charge >= 0.3 is 0 Å². The maximum absolute atomic E-state index is 10.2. The summed E-state index contributed by atoms with van der Waals surface area (Å²) in [5, 5.41) is 15.7. The predicted octanol–water partition coefficient (Wildman–Crippen LogP) is 4.35. The standard InChI is InChI=1S/C26H34N6O2/c1-16(2)23-19-11-20(17-6-8-31(9-7-17)14-26(3,4)33)27-12-21(19)30-24(23)18-10-22(34-5)25-28-15-29-32(25)13-18/h10-13,15-17,30,33H,6-9,14H2,1-5H3. The summed E-state index contributed by atoms with van der Waals surface area (Å²) in [6, 6.07) is 4.31. The van der Waals surface area contributed by atoms with E-state index in [-0.39, 0.29) is 0 Å². The molecular formula is C26H34N6O2. The zero-order valence-corrected chi connectivity index (χ0v) is 20.7. The number of piperidine rings is 1. The molecule has 0 radical (unpaired) electrons. The van der Waals surface area contributed by atoms with E-state index in [4.69, 9.17) is 9.72 Å². The number of aromatic nitrogens is 5. The van der Waals surface area contributed by atoms with Gasteiger partial charge in [-0.05, 0) is 63.4 Å². The van der Waals surface area contributed by atoms with Crippen LogP contribution in [-0.4, -0.2) is 66.9 Å². The van der Waals surface area contributed by atoms with E-state index in [1.807, 2.05) is 32.3 Å². The molecule has 34 heavy (non-hydrogen) atoms. The second kappa shape index (κ2) is 8.67. The molecule has 1 aliphatic heterocycles. The zero-order chi connectivity index (χ0) is 24.0. The van der Waals surface area contributed by atoms with Crippen molar-refractivity contribution in [3.8, 4) is 17.0 Å². The van der Waals surface area contributed by atoms with Crippen molar-refractivity contribution in [1.29, 1.82) is 0 Å². The molecule has 0 aliphatic carbocycles. The molecule has 1 saturated heterocycles. The van der Waals surface area contributed by atoms with Crippen LogP contribution in [0.5, 0.6) is 5.75 Å². The van der Waals surface area contributed by atoms with Gasteiger partial charge in [-0.3, -0.25) is 4.98 Å². The van der Waals surface area contributed by atoms with Gasteiger partial charge in [-0.1, -0.05) is 13.8 Å². The molecule has 0 aromatic carbocycles. The van der Waals surface area contributed by atoms with Crippen molar-refractivity contribution < 1.29 is 9.84 Å². The molecule has 4 aromatic heterocycles. The molecule has 2 N–H and O–H groups in total. The van der Waals surface area contributed by atoms with Crippen LogP contribution in [0.15, 0.2) is 30.9 Å². The Morgan fingerprint density at radius 1 is 1.21 bits per heavy atom. The minimum absolute atomic E-state index is 0.324. The molecule has 5 heterocycles. The van der Waals surface area contributed by atoms with Crippen molar-refractivity contribution >= 4 is 16.6 Å². The molecule has 5 rings (SSSR count).